The Hall–Kier alpha value is -3.13. The molecule has 6 nitrogen and oxygen atoms in total. The zero-order valence-electron chi connectivity index (χ0n) is 17.0. The summed E-state index contributed by atoms with van der Waals surface area (Å²) >= 11 is 1.45. The molecule has 3 aromatic rings. The number of aromatic nitrogens is 2. The number of carbonyl (C=O) groups is 1. The van der Waals surface area contributed by atoms with E-state index in [1.165, 1.54) is 17.8 Å². The summed E-state index contributed by atoms with van der Waals surface area (Å²) in [6, 6.07) is 13.6. The number of H-pyrrole nitrogens is 1. The second kappa shape index (κ2) is 9.34. The summed E-state index contributed by atoms with van der Waals surface area (Å²) in [6.45, 7) is 2.16. The molecule has 0 radical (unpaired) electrons. The highest BCUT2D eigenvalue weighted by Gasteiger charge is 2.31. The molecule has 1 aromatic heterocycles. The Labute approximate surface area is 183 Å². The molecule has 0 bridgehead atoms. The van der Waals surface area contributed by atoms with Gasteiger partial charge in [-0.1, -0.05) is 49.0 Å². The van der Waals surface area contributed by atoms with E-state index in [9.17, 15) is 14.0 Å². The second-order valence-electron chi connectivity index (χ2n) is 7.24. The fourth-order valence-electron chi connectivity index (χ4n) is 3.48. The molecule has 160 valence electrons. The summed E-state index contributed by atoms with van der Waals surface area (Å²) in [5.41, 5.74) is 1.50. The Kier molecular flexibility index (Phi) is 6.36. The summed E-state index contributed by atoms with van der Waals surface area (Å²) in [5.74, 6) is 0.835. The maximum absolute atomic E-state index is 13.8. The Balaban J connectivity index is 1.55. The van der Waals surface area contributed by atoms with E-state index in [0.29, 0.717) is 27.9 Å². The number of nitrogens with zero attached hydrogens (tertiary/aromatic N) is 1. The van der Waals surface area contributed by atoms with Gasteiger partial charge in [0.25, 0.3) is 5.56 Å². The first kappa shape index (κ1) is 21.1. The van der Waals surface area contributed by atoms with Crippen LogP contribution in [0.3, 0.4) is 0 Å². The molecule has 2 N–H and O–H groups in total. The molecule has 1 amide bonds. The van der Waals surface area contributed by atoms with Crippen LogP contribution in [0.15, 0.2) is 58.5 Å². The molecule has 1 atom stereocenters. The van der Waals surface area contributed by atoms with Crippen molar-refractivity contribution >= 4 is 23.5 Å². The van der Waals surface area contributed by atoms with Crippen molar-refractivity contribution in [1.82, 2.24) is 9.97 Å². The quantitative estimate of drug-likeness (QED) is 0.419. The van der Waals surface area contributed by atoms with Crippen molar-refractivity contribution < 1.29 is 13.9 Å². The molecular formula is C23H22FN3O3S. The van der Waals surface area contributed by atoms with Crippen LogP contribution < -0.4 is 15.6 Å². The topological polar surface area (TPSA) is 84.1 Å². The molecular weight excluding hydrogens is 417 g/mol. The molecule has 1 unspecified atom stereocenters. The van der Waals surface area contributed by atoms with E-state index in [-0.39, 0.29) is 30.3 Å². The maximum atomic E-state index is 13.8. The van der Waals surface area contributed by atoms with Crippen molar-refractivity contribution in [2.75, 3.05) is 11.1 Å². The van der Waals surface area contributed by atoms with Gasteiger partial charge in [-0.25, -0.2) is 9.37 Å². The lowest BCUT2D eigenvalue weighted by Gasteiger charge is -2.24. The number of benzene rings is 2. The van der Waals surface area contributed by atoms with Crippen molar-refractivity contribution in [1.29, 1.82) is 0 Å². The highest BCUT2D eigenvalue weighted by Crippen LogP contribution is 2.35. The Bertz CT molecular complexity index is 1150. The van der Waals surface area contributed by atoms with Crippen LogP contribution in [-0.2, 0) is 11.4 Å². The number of carbonyl (C=O) groups excluding carboxylic acids is 1. The lowest BCUT2D eigenvalue weighted by Crippen LogP contribution is -2.31. The van der Waals surface area contributed by atoms with Crippen LogP contribution in [0.2, 0.25) is 0 Å². The molecule has 0 fully saturated rings. The van der Waals surface area contributed by atoms with Crippen LogP contribution in [0, 0.1) is 5.82 Å². The Morgan fingerprint density at radius 3 is 2.68 bits per heavy atom. The number of hydrogen-bond donors (Lipinski definition) is 2. The molecule has 2 heterocycles. The van der Waals surface area contributed by atoms with Crippen molar-refractivity contribution in [3.8, 4) is 5.75 Å². The average Bonchev–Trinajstić information content (AvgIpc) is 2.76. The number of ether oxygens (including phenoxy) is 1. The summed E-state index contributed by atoms with van der Waals surface area (Å²) in [6.07, 6.45) is 1.11. The van der Waals surface area contributed by atoms with Gasteiger partial charge in [0.1, 0.15) is 24.0 Å². The predicted molar refractivity (Wildman–Crippen MR) is 118 cm³/mol. The number of halogens is 1. The molecule has 31 heavy (non-hydrogen) atoms. The monoisotopic (exact) mass is 439 g/mol. The van der Waals surface area contributed by atoms with Crippen molar-refractivity contribution in [3.63, 3.8) is 0 Å². The third kappa shape index (κ3) is 4.80. The highest BCUT2D eigenvalue weighted by atomic mass is 32.2. The lowest BCUT2D eigenvalue weighted by atomic mass is 9.87. The van der Waals surface area contributed by atoms with Gasteiger partial charge < -0.3 is 15.0 Å². The largest absolute Gasteiger partial charge is 0.489 e. The minimum atomic E-state index is -0.397. The number of nitrogens with one attached hydrogen (secondary N) is 2. The molecule has 1 aliphatic rings. The first-order chi connectivity index (χ1) is 15.0. The second-order valence-corrected chi connectivity index (χ2v) is 8.32. The van der Waals surface area contributed by atoms with E-state index in [4.69, 9.17) is 4.74 Å². The van der Waals surface area contributed by atoms with Gasteiger partial charge in [-0.15, -0.1) is 0 Å². The zero-order chi connectivity index (χ0) is 21.8. The lowest BCUT2D eigenvalue weighted by molar-refractivity contribution is -0.116. The smallest absolute Gasteiger partial charge is 0.257 e. The molecule has 1 aliphatic heterocycles. The molecule has 4 rings (SSSR count). The van der Waals surface area contributed by atoms with E-state index in [0.717, 1.165) is 17.7 Å². The molecule has 0 saturated carbocycles. The van der Waals surface area contributed by atoms with E-state index >= 15 is 0 Å². The van der Waals surface area contributed by atoms with Crippen molar-refractivity contribution in [2.45, 2.75) is 37.4 Å². The molecule has 8 heteroatoms. The number of hydrogen-bond acceptors (Lipinski definition) is 5. The third-order valence-electron chi connectivity index (χ3n) is 5.01. The fourth-order valence-corrected chi connectivity index (χ4v) is 4.19. The van der Waals surface area contributed by atoms with Crippen LogP contribution >= 0.6 is 11.8 Å². The summed E-state index contributed by atoms with van der Waals surface area (Å²) in [7, 11) is 0. The maximum Gasteiger partial charge on any atom is 0.257 e. The average molecular weight is 440 g/mol. The van der Waals surface area contributed by atoms with Crippen molar-refractivity contribution in [3.05, 3.63) is 81.4 Å². The van der Waals surface area contributed by atoms with Gasteiger partial charge in [-0.3, -0.25) is 9.59 Å². The van der Waals surface area contributed by atoms with Crippen LogP contribution in [0.1, 0.15) is 42.4 Å². The third-order valence-corrected chi connectivity index (χ3v) is 6.09. The molecule has 0 spiro atoms. The number of rotatable bonds is 7. The van der Waals surface area contributed by atoms with E-state index in [2.05, 4.69) is 15.3 Å². The number of aromatic amines is 1. The number of fused-ring (bicyclic) bond motifs is 1. The van der Waals surface area contributed by atoms with Gasteiger partial charge in [0.15, 0.2) is 5.16 Å². The first-order valence-electron chi connectivity index (χ1n) is 10.1. The Morgan fingerprint density at radius 2 is 1.94 bits per heavy atom. The predicted octanol–water partition coefficient (Wildman–Crippen LogP) is 4.46. The highest BCUT2D eigenvalue weighted by molar-refractivity contribution is 7.99. The molecule has 0 saturated heterocycles. The van der Waals surface area contributed by atoms with Crippen LogP contribution in [-0.4, -0.2) is 21.6 Å². The number of anilines is 1. The number of thioether (sulfide) groups is 1. The summed E-state index contributed by atoms with van der Waals surface area (Å²) in [4.78, 5) is 32.3. The van der Waals surface area contributed by atoms with Gasteiger partial charge in [0.2, 0.25) is 5.91 Å². The molecule has 0 aliphatic carbocycles. The summed E-state index contributed by atoms with van der Waals surface area (Å²) < 4.78 is 19.4. The summed E-state index contributed by atoms with van der Waals surface area (Å²) in [5, 5.41) is 3.23. The van der Waals surface area contributed by atoms with Crippen LogP contribution in [0.5, 0.6) is 5.75 Å². The van der Waals surface area contributed by atoms with Gasteiger partial charge in [-0.2, -0.15) is 0 Å². The van der Waals surface area contributed by atoms with Gasteiger partial charge in [-0.05, 0) is 30.2 Å². The van der Waals surface area contributed by atoms with Gasteiger partial charge in [0, 0.05) is 23.7 Å². The van der Waals surface area contributed by atoms with Crippen LogP contribution in [0.4, 0.5) is 10.2 Å². The van der Waals surface area contributed by atoms with Crippen molar-refractivity contribution in [2.24, 2.45) is 0 Å². The van der Waals surface area contributed by atoms with E-state index < -0.39 is 5.92 Å². The normalized spacial score (nSPS) is 15.3. The Morgan fingerprint density at radius 1 is 1.16 bits per heavy atom. The molecule has 2 aromatic carbocycles. The van der Waals surface area contributed by atoms with Gasteiger partial charge >= 0.3 is 0 Å². The first-order valence-corrected chi connectivity index (χ1v) is 11.1. The standard InChI is InChI=1S/C23H22FN3O3S/c1-2-11-31-23-26-21-20(22(29)27-23)17(12-19(28)25-21)14-7-9-16(10-8-14)30-13-15-5-3-4-6-18(15)24/h3-10,17H,2,11-13H2,1H3,(H2,25,26,27,28,29). The van der Waals surface area contributed by atoms with E-state index in [1.54, 1.807) is 30.3 Å². The minimum Gasteiger partial charge on any atom is -0.489 e. The SMILES string of the molecule is CCCSc1nc2c(c(=O)[nH]1)C(c1ccc(OCc3ccccc3F)cc1)CC(=O)N2. The van der Waals surface area contributed by atoms with E-state index in [1.807, 2.05) is 19.1 Å². The zero-order valence-corrected chi connectivity index (χ0v) is 17.8. The number of amides is 1. The minimum absolute atomic E-state index is 0.114. The van der Waals surface area contributed by atoms with Gasteiger partial charge in [0.05, 0.1) is 5.56 Å². The fraction of sp³-hybridized carbons (Fsp3) is 0.261. The van der Waals surface area contributed by atoms with Crippen LogP contribution in [0.25, 0.3) is 0 Å².